The zero-order valence-corrected chi connectivity index (χ0v) is 10.5. The highest BCUT2D eigenvalue weighted by Gasteiger charge is 2.10. The Balaban J connectivity index is 0.00000144. The summed E-state index contributed by atoms with van der Waals surface area (Å²) >= 11 is 0. The lowest BCUT2D eigenvalue weighted by molar-refractivity contribution is -0.117. The van der Waals surface area contributed by atoms with Gasteiger partial charge in [-0.05, 0) is 31.5 Å². The number of aryl methyl sites for hydroxylation is 1. The van der Waals surface area contributed by atoms with Gasteiger partial charge in [-0.3, -0.25) is 9.89 Å². The van der Waals surface area contributed by atoms with Gasteiger partial charge in [0.05, 0.1) is 17.8 Å². The van der Waals surface area contributed by atoms with Crippen molar-refractivity contribution in [3.05, 3.63) is 23.9 Å². The second-order valence-corrected chi connectivity index (χ2v) is 3.90. The standard InChI is InChI=1S/C11H14N4O.ClH/c1-6-3-8-5-13-15-10(8)4-9(6)14-11(16)7(2)12;/h3-5,7H,12H2,1-2H3,(H,13,15)(H,14,16);1H/t7-;/m0./s1. The number of halogens is 1. The van der Waals surface area contributed by atoms with Crippen LogP contribution in [0.1, 0.15) is 12.5 Å². The summed E-state index contributed by atoms with van der Waals surface area (Å²) in [6.45, 7) is 3.59. The average Bonchev–Trinajstić information content (AvgIpc) is 2.65. The topological polar surface area (TPSA) is 83.8 Å². The van der Waals surface area contributed by atoms with Crippen molar-refractivity contribution in [1.82, 2.24) is 10.2 Å². The maximum absolute atomic E-state index is 11.5. The van der Waals surface area contributed by atoms with Gasteiger partial charge < -0.3 is 11.1 Å². The number of H-pyrrole nitrogens is 1. The summed E-state index contributed by atoms with van der Waals surface area (Å²) in [5.41, 5.74) is 8.14. The minimum absolute atomic E-state index is 0. The number of fused-ring (bicyclic) bond motifs is 1. The first-order valence-corrected chi connectivity index (χ1v) is 5.08. The van der Waals surface area contributed by atoms with Crippen molar-refractivity contribution in [2.45, 2.75) is 19.9 Å². The van der Waals surface area contributed by atoms with Gasteiger partial charge >= 0.3 is 0 Å². The molecule has 0 saturated heterocycles. The Morgan fingerprint density at radius 2 is 2.24 bits per heavy atom. The summed E-state index contributed by atoms with van der Waals surface area (Å²) < 4.78 is 0. The molecular weight excluding hydrogens is 240 g/mol. The number of aromatic amines is 1. The third-order valence-corrected chi connectivity index (χ3v) is 2.46. The number of anilines is 1. The number of carbonyl (C=O) groups is 1. The molecule has 0 radical (unpaired) electrons. The third-order valence-electron chi connectivity index (χ3n) is 2.46. The number of nitrogens with two attached hydrogens (primary N) is 1. The van der Waals surface area contributed by atoms with E-state index in [1.54, 1.807) is 13.1 Å². The van der Waals surface area contributed by atoms with Crippen LogP contribution in [0.5, 0.6) is 0 Å². The SMILES string of the molecule is Cc1cc2cn[nH]c2cc1NC(=O)[C@H](C)N.Cl. The van der Waals surface area contributed by atoms with Gasteiger partial charge in [0.2, 0.25) is 5.91 Å². The number of hydrogen-bond donors (Lipinski definition) is 3. The molecule has 0 saturated carbocycles. The molecule has 2 aromatic rings. The normalized spacial score (nSPS) is 11.9. The molecular formula is C11H15ClN4O. The van der Waals surface area contributed by atoms with Crippen LogP contribution in [-0.2, 0) is 4.79 Å². The summed E-state index contributed by atoms with van der Waals surface area (Å²) in [5.74, 6) is -0.193. The van der Waals surface area contributed by atoms with Gasteiger partial charge in [0.15, 0.2) is 0 Å². The highest BCUT2D eigenvalue weighted by Crippen LogP contribution is 2.21. The van der Waals surface area contributed by atoms with E-state index in [1.165, 1.54) is 0 Å². The fourth-order valence-electron chi connectivity index (χ4n) is 1.49. The first-order valence-electron chi connectivity index (χ1n) is 5.08. The smallest absolute Gasteiger partial charge is 0.241 e. The monoisotopic (exact) mass is 254 g/mol. The Labute approximate surface area is 105 Å². The van der Waals surface area contributed by atoms with E-state index in [0.29, 0.717) is 0 Å². The second kappa shape index (κ2) is 5.16. The summed E-state index contributed by atoms with van der Waals surface area (Å²) in [6.07, 6.45) is 1.75. The molecule has 5 nitrogen and oxygen atoms in total. The average molecular weight is 255 g/mol. The zero-order chi connectivity index (χ0) is 11.7. The van der Waals surface area contributed by atoms with Crippen LogP contribution in [-0.4, -0.2) is 22.1 Å². The second-order valence-electron chi connectivity index (χ2n) is 3.90. The maximum Gasteiger partial charge on any atom is 0.241 e. The molecule has 6 heteroatoms. The van der Waals surface area contributed by atoms with Crippen LogP contribution in [0.3, 0.4) is 0 Å². The minimum Gasteiger partial charge on any atom is -0.324 e. The molecule has 17 heavy (non-hydrogen) atoms. The van der Waals surface area contributed by atoms with Gasteiger partial charge in [-0.2, -0.15) is 5.10 Å². The highest BCUT2D eigenvalue weighted by molar-refractivity contribution is 5.97. The van der Waals surface area contributed by atoms with Crippen LogP contribution in [0, 0.1) is 6.92 Å². The van der Waals surface area contributed by atoms with E-state index in [2.05, 4.69) is 15.5 Å². The fraction of sp³-hybridized carbons (Fsp3) is 0.273. The van der Waals surface area contributed by atoms with Crippen molar-refractivity contribution in [3.8, 4) is 0 Å². The molecule has 4 N–H and O–H groups in total. The number of carbonyl (C=O) groups excluding carboxylic acids is 1. The molecule has 0 aliphatic heterocycles. The number of benzene rings is 1. The Morgan fingerprint density at radius 3 is 2.88 bits per heavy atom. The van der Waals surface area contributed by atoms with E-state index in [-0.39, 0.29) is 18.3 Å². The fourth-order valence-corrected chi connectivity index (χ4v) is 1.49. The molecule has 0 spiro atoms. The van der Waals surface area contributed by atoms with Crippen molar-refractivity contribution in [2.24, 2.45) is 5.73 Å². The molecule has 0 fully saturated rings. The van der Waals surface area contributed by atoms with Crippen LogP contribution in [0.15, 0.2) is 18.3 Å². The van der Waals surface area contributed by atoms with Gasteiger partial charge in [-0.1, -0.05) is 0 Å². The predicted molar refractivity (Wildman–Crippen MR) is 70.4 cm³/mol. The summed E-state index contributed by atoms with van der Waals surface area (Å²) in [4.78, 5) is 11.5. The molecule has 92 valence electrons. The quantitative estimate of drug-likeness (QED) is 0.761. The number of nitrogens with one attached hydrogen (secondary N) is 2. The lowest BCUT2D eigenvalue weighted by atomic mass is 10.1. The van der Waals surface area contributed by atoms with Crippen molar-refractivity contribution >= 4 is 34.9 Å². The molecule has 1 aromatic carbocycles. The Kier molecular flexibility index (Phi) is 4.09. The van der Waals surface area contributed by atoms with Gasteiger partial charge in [0.25, 0.3) is 0 Å². The summed E-state index contributed by atoms with van der Waals surface area (Å²) in [7, 11) is 0. The molecule has 0 aliphatic rings. The van der Waals surface area contributed by atoms with Crippen LogP contribution in [0.2, 0.25) is 0 Å². The Bertz CT molecular complexity index is 535. The van der Waals surface area contributed by atoms with E-state index >= 15 is 0 Å². The van der Waals surface area contributed by atoms with E-state index in [0.717, 1.165) is 22.2 Å². The van der Waals surface area contributed by atoms with Crippen LogP contribution in [0.25, 0.3) is 10.9 Å². The Morgan fingerprint density at radius 1 is 1.53 bits per heavy atom. The minimum atomic E-state index is -0.517. The summed E-state index contributed by atoms with van der Waals surface area (Å²) in [5, 5.41) is 10.6. The lowest BCUT2D eigenvalue weighted by Crippen LogP contribution is -2.32. The molecule has 0 unspecified atom stereocenters. The largest absolute Gasteiger partial charge is 0.324 e. The van der Waals surface area contributed by atoms with Crippen LogP contribution < -0.4 is 11.1 Å². The third kappa shape index (κ3) is 2.75. The molecule has 1 amide bonds. The Hall–Kier alpha value is -1.59. The predicted octanol–water partition coefficient (Wildman–Crippen LogP) is 1.58. The van der Waals surface area contributed by atoms with Gasteiger partial charge in [0, 0.05) is 11.1 Å². The van der Waals surface area contributed by atoms with Crippen molar-refractivity contribution in [1.29, 1.82) is 0 Å². The lowest BCUT2D eigenvalue weighted by Gasteiger charge is -2.10. The number of nitrogens with zero attached hydrogens (tertiary/aromatic N) is 1. The van der Waals surface area contributed by atoms with Gasteiger partial charge in [-0.25, -0.2) is 0 Å². The van der Waals surface area contributed by atoms with Crippen LogP contribution in [0.4, 0.5) is 5.69 Å². The van der Waals surface area contributed by atoms with Crippen LogP contribution >= 0.6 is 12.4 Å². The van der Waals surface area contributed by atoms with Gasteiger partial charge in [-0.15, -0.1) is 12.4 Å². The van der Waals surface area contributed by atoms with E-state index in [1.807, 2.05) is 19.1 Å². The van der Waals surface area contributed by atoms with E-state index < -0.39 is 6.04 Å². The molecule has 2 rings (SSSR count). The first kappa shape index (κ1) is 13.5. The number of aromatic nitrogens is 2. The van der Waals surface area contributed by atoms with Gasteiger partial charge in [0.1, 0.15) is 0 Å². The number of amides is 1. The van der Waals surface area contributed by atoms with Crippen molar-refractivity contribution < 1.29 is 4.79 Å². The maximum atomic E-state index is 11.5. The number of rotatable bonds is 2. The van der Waals surface area contributed by atoms with E-state index in [4.69, 9.17) is 5.73 Å². The molecule has 0 aliphatic carbocycles. The summed E-state index contributed by atoms with van der Waals surface area (Å²) in [6, 6.07) is 3.31. The molecule has 0 bridgehead atoms. The molecule has 1 heterocycles. The first-order chi connectivity index (χ1) is 7.58. The van der Waals surface area contributed by atoms with Crippen molar-refractivity contribution in [3.63, 3.8) is 0 Å². The highest BCUT2D eigenvalue weighted by atomic mass is 35.5. The van der Waals surface area contributed by atoms with E-state index in [9.17, 15) is 4.79 Å². The molecule has 1 atom stereocenters. The molecule has 1 aromatic heterocycles. The number of hydrogen-bond acceptors (Lipinski definition) is 3. The zero-order valence-electron chi connectivity index (χ0n) is 9.65. The van der Waals surface area contributed by atoms with Crippen molar-refractivity contribution in [2.75, 3.05) is 5.32 Å².